The van der Waals surface area contributed by atoms with Crippen LogP contribution in [-0.2, 0) is 37.9 Å². The summed E-state index contributed by atoms with van der Waals surface area (Å²) in [4.78, 5) is 8.14. The van der Waals surface area contributed by atoms with Gasteiger partial charge < -0.3 is 24.0 Å². The molecule has 20 aromatic rings. The molecule has 1 spiro atoms. The number of benzene rings is 19. The van der Waals surface area contributed by atoms with Crippen molar-refractivity contribution in [2.24, 2.45) is 0 Å². The van der Waals surface area contributed by atoms with Crippen LogP contribution in [0.3, 0.4) is 0 Å². The Hall–Kier alpha value is -15.4. The molecule has 7 heteroatoms. The number of fused-ring (bicyclic) bond motifs is 23. The Morgan fingerprint density at radius 3 is 1.09 bits per heavy atom. The highest BCUT2D eigenvalue weighted by molar-refractivity contribution is 7.03. The fourth-order valence-electron chi connectivity index (χ4n) is 25.2. The average molecular weight is 1860 g/mol. The van der Waals surface area contributed by atoms with Crippen LogP contribution in [0.1, 0.15) is 180 Å². The third-order valence-electron chi connectivity index (χ3n) is 32.5. The van der Waals surface area contributed by atoms with Crippen LogP contribution in [0.5, 0.6) is 11.5 Å². The van der Waals surface area contributed by atoms with E-state index in [1.807, 2.05) is 0 Å². The Labute approximate surface area is 849 Å². The van der Waals surface area contributed by atoms with Crippen LogP contribution >= 0.6 is 0 Å². The molecule has 5 nitrogen and oxygen atoms in total. The monoisotopic (exact) mass is 1860 g/mol. The molecule has 0 unspecified atom stereocenters. The minimum Gasteiger partial charge on any atom is -0.458 e. The number of para-hydroxylation sites is 2. The maximum Gasteiger partial charge on any atom is 0.256 e. The Bertz CT molecular complexity index is 8510. The molecule has 5 heterocycles. The van der Waals surface area contributed by atoms with E-state index in [0.717, 1.165) is 151 Å². The van der Waals surface area contributed by atoms with Crippen molar-refractivity contribution in [3.8, 4) is 95.1 Å². The lowest BCUT2D eigenvalue weighted by molar-refractivity contribution is 0.488. The van der Waals surface area contributed by atoms with Crippen molar-refractivity contribution in [2.45, 2.75) is 163 Å². The van der Waals surface area contributed by atoms with Crippen molar-refractivity contribution in [2.75, 3.05) is 14.7 Å². The van der Waals surface area contributed by atoms with Crippen molar-refractivity contribution in [3.63, 3.8) is 0 Å². The Balaban J connectivity index is 0.795. The van der Waals surface area contributed by atoms with Crippen LogP contribution in [0.4, 0.5) is 51.2 Å². The smallest absolute Gasteiger partial charge is 0.256 e. The minimum absolute atomic E-state index is 0.123. The van der Waals surface area contributed by atoms with Gasteiger partial charge in [0.25, 0.3) is 13.4 Å². The predicted octanol–water partition coefficient (Wildman–Crippen LogP) is 32.9. The molecule has 0 saturated carbocycles. The molecule has 0 N–H and O–H groups in total. The van der Waals surface area contributed by atoms with Gasteiger partial charge in [0, 0.05) is 78.6 Å². The van der Waals surface area contributed by atoms with E-state index in [0.29, 0.717) is 0 Å². The van der Waals surface area contributed by atoms with Gasteiger partial charge in [0.1, 0.15) is 11.5 Å². The van der Waals surface area contributed by atoms with Crippen LogP contribution in [0.2, 0.25) is 0 Å². The molecular weight excluding hydrogens is 1740 g/mol. The lowest BCUT2D eigenvalue weighted by Gasteiger charge is -2.46. The standard InChI is InChI=1S/C137H118B2N4O/c1-131(2,3)89-63-66-116-107(73-89)108-74-90(132(4,5)6)64-67-117(108)140(116)96-79-121-126-122(80-96)142(128-103(83-42-23-19-24-43-83)75-93(135(13,14)15)76-104(128)84-44-25-20-26-45-84)118-60-39-37-58-112(118)138(126)114-81-115-123(82-120(114)141(121)95-71-91(133(7,8)9)70-92(72-95)134(10,11)12)144-124-69-88-68-87(97-53-41-54-102-101-52-33-36-57-111(101)137(125(97)102)109-55-34-31-50-99(109)100-51-32-35-56-110(100)137)62-65-98(88)130-127(124)139(115)113-59-38-40-61-119(113)143(130)129-105(85-46-27-21-28-47-85)77-94(136(16,17)18)78-106(129)86-48-29-22-30-49-86/h19-82H,1-18H3. The molecule has 0 bridgehead atoms. The summed E-state index contributed by atoms with van der Waals surface area (Å²) in [6, 6.07) is 151. The van der Waals surface area contributed by atoms with Gasteiger partial charge >= 0.3 is 0 Å². The van der Waals surface area contributed by atoms with E-state index < -0.39 is 5.41 Å². The molecule has 4 aliphatic heterocycles. The first-order valence-electron chi connectivity index (χ1n) is 51.7. The topological polar surface area (TPSA) is 23.9 Å². The van der Waals surface area contributed by atoms with E-state index in [1.54, 1.807) is 0 Å². The molecular formula is C137H118B2N4O. The molecule has 0 amide bonds. The molecule has 0 atom stereocenters. The second kappa shape index (κ2) is 31.8. The van der Waals surface area contributed by atoms with E-state index in [2.05, 4.69) is 532 Å². The van der Waals surface area contributed by atoms with E-state index >= 15 is 0 Å². The second-order valence-corrected chi connectivity index (χ2v) is 47.5. The fraction of sp³-hybridized carbons (Fsp3) is 0.182. The van der Waals surface area contributed by atoms with Crippen molar-refractivity contribution in [1.82, 2.24) is 4.57 Å². The van der Waals surface area contributed by atoms with Crippen LogP contribution in [-0.4, -0.2) is 18.0 Å². The SMILES string of the molecule is CC(C)(C)c1cc(N2c3cc4c(cc3B3c5ccccc5N(c5c(-c6ccccc6)cc(C(C)(C)C)cc5-c5ccccc5)c5cc(-n6c7ccc(C(C)(C)C)cc7c7cc(C(C)(C)C)ccc76)cc2c53)B2c3ccccc3N(c3c(-c5ccccc5)cc(C(C)(C)C)cc3-c3ccccc3)c3c2c(cc2cc(-c5cccc6c5C5(c7ccccc7-c7ccccc75)c5ccccc5-6)ccc32)O4)cc(C(C)(C)C)c1. The molecule has 19 aromatic carbocycles. The summed E-state index contributed by atoms with van der Waals surface area (Å²) in [6.07, 6.45) is 0. The van der Waals surface area contributed by atoms with Crippen molar-refractivity contribution in [3.05, 3.63) is 444 Å². The van der Waals surface area contributed by atoms with E-state index in [-0.39, 0.29) is 45.9 Å². The van der Waals surface area contributed by atoms with Gasteiger partial charge in [-0.15, -0.1) is 0 Å². The van der Waals surface area contributed by atoms with Gasteiger partial charge in [0.2, 0.25) is 0 Å². The highest BCUT2D eigenvalue weighted by Crippen LogP contribution is 2.66. The summed E-state index contributed by atoms with van der Waals surface area (Å²) in [5, 5.41) is 4.68. The van der Waals surface area contributed by atoms with Gasteiger partial charge in [0.05, 0.1) is 39.2 Å². The molecule has 0 radical (unpaired) electrons. The molecule has 26 rings (SSSR count). The summed E-state index contributed by atoms with van der Waals surface area (Å²) in [7, 11) is 0. The number of anilines is 9. The van der Waals surface area contributed by atoms with Gasteiger partial charge in [-0.2, -0.15) is 0 Å². The highest BCUT2D eigenvalue weighted by atomic mass is 16.5. The maximum atomic E-state index is 8.51. The van der Waals surface area contributed by atoms with Gasteiger partial charge in [-0.05, 0) is 279 Å². The third kappa shape index (κ3) is 13.5. The van der Waals surface area contributed by atoms with Crippen LogP contribution in [0.15, 0.2) is 388 Å². The highest BCUT2D eigenvalue weighted by Gasteiger charge is 2.55. The lowest BCUT2D eigenvalue weighted by atomic mass is 9.30. The zero-order chi connectivity index (χ0) is 98.6. The van der Waals surface area contributed by atoms with Crippen molar-refractivity contribution < 1.29 is 4.74 Å². The van der Waals surface area contributed by atoms with Gasteiger partial charge in [-0.25, -0.2) is 0 Å². The number of aromatic nitrogens is 1. The first-order chi connectivity index (χ1) is 69.2. The van der Waals surface area contributed by atoms with Crippen LogP contribution < -0.4 is 52.2 Å². The second-order valence-electron chi connectivity index (χ2n) is 47.5. The number of hydrogen-bond donors (Lipinski definition) is 0. The number of rotatable bonds is 9. The molecule has 0 fully saturated rings. The molecule has 1 aromatic heterocycles. The maximum absolute atomic E-state index is 8.51. The predicted molar refractivity (Wildman–Crippen MR) is 614 cm³/mol. The zero-order valence-corrected chi connectivity index (χ0v) is 85.8. The number of nitrogens with zero attached hydrogens (tertiary/aromatic N) is 4. The number of ether oxygens (including phenoxy) is 1. The Morgan fingerprint density at radius 1 is 0.222 bits per heavy atom. The third-order valence-corrected chi connectivity index (χ3v) is 32.5. The van der Waals surface area contributed by atoms with E-state index in [9.17, 15) is 0 Å². The quantitative estimate of drug-likeness (QED) is 0.134. The molecule has 0 saturated heterocycles. The van der Waals surface area contributed by atoms with Gasteiger partial charge in [-0.3, -0.25) is 0 Å². The summed E-state index contributed by atoms with van der Waals surface area (Å²) in [5.41, 5.74) is 48.1. The molecule has 698 valence electrons. The van der Waals surface area contributed by atoms with Crippen LogP contribution in [0, 0.1) is 0 Å². The first kappa shape index (κ1) is 88.7. The first-order valence-corrected chi connectivity index (χ1v) is 51.7. The minimum atomic E-state index is -0.597. The molecule has 144 heavy (non-hydrogen) atoms. The molecule has 6 aliphatic rings. The van der Waals surface area contributed by atoms with Crippen LogP contribution in [0.25, 0.3) is 116 Å². The largest absolute Gasteiger partial charge is 0.458 e. The normalized spacial score (nSPS) is 14.1. The van der Waals surface area contributed by atoms with E-state index in [1.165, 1.54) is 116 Å². The Morgan fingerprint density at radius 2 is 0.618 bits per heavy atom. The average Bonchev–Trinajstić information content (AvgIpc) is 1.43. The zero-order valence-electron chi connectivity index (χ0n) is 85.8. The summed E-state index contributed by atoms with van der Waals surface area (Å²) >= 11 is 0. The summed E-state index contributed by atoms with van der Waals surface area (Å²) in [5.74, 6) is 1.65. The van der Waals surface area contributed by atoms with Crippen molar-refractivity contribution in [1.29, 1.82) is 0 Å². The van der Waals surface area contributed by atoms with Gasteiger partial charge in [0.15, 0.2) is 0 Å². The van der Waals surface area contributed by atoms with Crippen molar-refractivity contribution >= 4 is 130 Å². The Kier molecular flexibility index (Phi) is 19.6. The summed E-state index contributed by atoms with van der Waals surface area (Å²) in [6.45, 7) is 42.0. The van der Waals surface area contributed by atoms with Gasteiger partial charge in [-0.1, -0.05) is 410 Å². The molecule has 2 aliphatic carbocycles. The lowest BCUT2D eigenvalue weighted by Crippen LogP contribution is -2.64. The summed E-state index contributed by atoms with van der Waals surface area (Å²) < 4.78 is 11.1. The van der Waals surface area contributed by atoms with E-state index in [4.69, 9.17) is 4.74 Å². The number of hydrogen-bond acceptors (Lipinski definition) is 4. The fourth-order valence-corrected chi connectivity index (χ4v) is 25.2.